The average molecular weight is 370 g/mol. The van der Waals surface area contributed by atoms with E-state index in [1.54, 1.807) is 17.0 Å². The third-order valence-corrected chi connectivity index (χ3v) is 4.91. The van der Waals surface area contributed by atoms with Crippen LogP contribution in [0.4, 0.5) is 4.79 Å². The minimum Gasteiger partial charge on any atom is -0.353 e. The molecule has 0 saturated carbocycles. The van der Waals surface area contributed by atoms with Gasteiger partial charge in [-0.1, -0.05) is 24.3 Å². The van der Waals surface area contributed by atoms with Crippen LogP contribution >= 0.6 is 0 Å². The molecule has 2 aliphatic rings. The maximum absolute atomic E-state index is 12.4. The molecule has 0 spiro atoms. The van der Waals surface area contributed by atoms with Gasteiger partial charge in [-0.2, -0.15) is 0 Å². The second-order valence-electron chi connectivity index (χ2n) is 6.99. The van der Waals surface area contributed by atoms with Gasteiger partial charge in [0.05, 0.1) is 6.54 Å². The van der Waals surface area contributed by atoms with Crippen molar-refractivity contribution in [3.05, 3.63) is 47.5 Å². The van der Waals surface area contributed by atoms with Crippen molar-refractivity contribution in [3.8, 4) is 0 Å². The summed E-state index contributed by atoms with van der Waals surface area (Å²) < 4.78 is 0. The van der Waals surface area contributed by atoms with Gasteiger partial charge < -0.3 is 20.9 Å². The number of carbonyl (C=O) groups excluding carboxylic acids is 3. The molecule has 1 saturated heterocycles. The Hall–Kier alpha value is -2.83. The van der Waals surface area contributed by atoms with Crippen LogP contribution < -0.4 is 16.0 Å². The summed E-state index contributed by atoms with van der Waals surface area (Å²) in [6, 6.07) is 6.94. The van der Waals surface area contributed by atoms with Crippen LogP contribution in [0, 0.1) is 5.92 Å². The topological polar surface area (TPSA) is 90.5 Å². The summed E-state index contributed by atoms with van der Waals surface area (Å²) in [7, 11) is 0. The van der Waals surface area contributed by atoms with Crippen molar-refractivity contribution in [3.63, 3.8) is 0 Å². The van der Waals surface area contributed by atoms with Crippen LogP contribution in [-0.4, -0.2) is 48.9 Å². The highest BCUT2D eigenvalue weighted by Crippen LogP contribution is 2.16. The summed E-state index contributed by atoms with van der Waals surface area (Å²) in [4.78, 5) is 37.3. The minimum atomic E-state index is -0.177. The number of urea groups is 1. The lowest BCUT2D eigenvalue weighted by atomic mass is 9.94. The number of benzene rings is 1. The van der Waals surface area contributed by atoms with E-state index >= 15 is 0 Å². The summed E-state index contributed by atoms with van der Waals surface area (Å²) in [6.07, 6.45) is 7.58. The molecule has 7 heteroatoms. The molecule has 1 aliphatic carbocycles. The first-order valence-electron chi connectivity index (χ1n) is 9.43. The van der Waals surface area contributed by atoms with Crippen molar-refractivity contribution in [2.45, 2.75) is 25.8 Å². The third-order valence-electron chi connectivity index (χ3n) is 4.91. The normalized spacial score (nSPS) is 19.3. The number of rotatable bonds is 5. The molecule has 1 aromatic rings. The first-order chi connectivity index (χ1) is 13.1. The summed E-state index contributed by atoms with van der Waals surface area (Å²) >= 11 is 0. The van der Waals surface area contributed by atoms with E-state index in [1.807, 2.05) is 12.1 Å². The molecular weight excluding hydrogens is 344 g/mol. The zero-order chi connectivity index (χ0) is 19.1. The van der Waals surface area contributed by atoms with Gasteiger partial charge in [0.15, 0.2) is 0 Å². The molecule has 0 bridgehead atoms. The van der Waals surface area contributed by atoms with Gasteiger partial charge in [0.2, 0.25) is 5.91 Å². The van der Waals surface area contributed by atoms with Gasteiger partial charge in [-0.25, -0.2) is 4.79 Å². The van der Waals surface area contributed by atoms with Crippen LogP contribution in [0.5, 0.6) is 0 Å². The molecule has 0 radical (unpaired) electrons. The Labute approximate surface area is 159 Å². The van der Waals surface area contributed by atoms with Gasteiger partial charge in [0.1, 0.15) is 0 Å². The van der Waals surface area contributed by atoms with Gasteiger partial charge in [-0.3, -0.25) is 9.59 Å². The SMILES string of the molecule is O=C1CN(C(=O)c2ccc(CNC(=O)NC[C@@H]3CC=CCC3)cc2)CCN1. The van der Waals surface area contributed by atoms with E-state index in [0.717, 1.165) is 24.8 Å². The van der Waals surface area contributed by atoms with Gasteiger partial charge in [-0.15, -0.1) is 0 Å². The average Bonchev–Trinajstić information content (AvgIpc) is 2.71. The zero-order valence-electron chi connectivity index (χ0n) is 15.4. The number of hydrogen-bond donors (Lipinski definition) is 3. The molecule has 1 atom stereocenters. The van der Waals surface area contributed by atoms with Gasteiger partial charge in [0, 0.05) is 31.7 Å². The number of nitrogens with one attached hydrogen (secondary N) is 3. The number of allylic oxidation sites excluding steroid dienone is 2. The lowest BCUT2D eigenvalue weighted by molar-refractivity contribution is -0.123. The van der Waals surface area contributed by atoms with E-state index in [9.17, 15) is 14.4 Å². The first-order valence-corrected chi connectivity index (χ1v) is 9.43. The van der Waals surface area contributed by atoms with E-state index < -0.39 is 0 Å². The van der Waals surface area contributed by atoms with Crippen molar-refractivity contribution in [1.29, 1.82) is 0 Å². The van der Waals surface area contributed by atoms with Crippen molar-refractivity contribution in [2.75, 3.05) is 26.2 Å². The Bertz CT molecular complexity index is 714. The number of nitrogens with zero attached hydrogens (tertiary/aromatic N) is 1. The standard InChI is InChI=1S/C20H26N4O3/c25-18-14-24(11-10-21-18)19(26)17-8-6-16(7-9-17)13-23-20(27)22-12-15-4-2-1-3-5-15/h1-2,6-9,15H,3-5,10-14H2,(H,21,25)(H2,22,23,27)/t15-/m1/s1. The van der Waals surface area contributed by atoms with Crippen molar-refractivity contribution in [2.24, 2.45) is 5.92 Å². The maximum atomic E-state index is 12.4. The fourth-order valence-corrected chi connectivity index (χ4v) is 3.28. The monoisotopic (exact) mass is 370 g/mol. The number of carbonyl (C=O) groups is 3. The number of hydrogen-bond acceptors (Lipinski definition) is 3. The second-order valence-corrected chi connectivity index (χ2v) is 6.99. The van der Waals surface area contributed by atoms with Gasteiger partial charge >= 0.3 is 6.03 Å². The summed E-state index contributed by atoms with van der Waals surface area (Å²) in [6.45, 7) is 2.19. The van der Waals surface area contributed by atoms with E-state index in [4.69, 9.17) is 0 Å². The molecule has 1 aliphatic heterocycles. The predicted molar refractivity (Wildman–Crippen MR) is 102 cm³/mol. The number of amides is 4. The molecule has 144 valence electrons. The fourth-order valence-electron chi connectivity index (χ4n) is 3.28. The van der Waals surface area contributed by atoms with E-state index in [0.29, 0.717) is 37.7 Å². The molecule has 7 nitrogen and oxygen atoms in total. The molecule has 3 rings (SSSR count). The largest absolute Gasteiger partial charge is 0.353 e. The molecular formula is C20H26N4O3. The van der Waals surface area contributed by atoms with Crippen LogP contribution in [0.15, 0.2) is 36.4 Å². The van der Waals surface area contributed by atoms with Crippen LogP contribution in [0.2, 0.25) is 0 Å². The maximum Gasteiger partial charge on any atom is 0.315 e. The summed E-state index contributed by atoms with van der Waals surface area (Å²) in [5.41, 5.74) is 1.46. The molecule has 3 N–H and O–H groups in total. The molecule has 27 heavy (non-hydrogen) atoms. The van der Waals surface area contributed by atoms with E-state index in [1.165, 1.54) is 0 Å². The molecule has 4 amide bonds. The molecule has 1 heterocycles. The summed E-state index contributed by atoms with van der Waals surface area (Å²) in [5.74, 6) is 0.234. The highest BCUT2D eigenvalue weighted by molar-refractivity contribution is 5.97. The Morgan fingerprint density at radius 1 is 1.15 bits per heavy atom. The predicted octanol–water partition coefficient (Wildman–Crippen LogP) is 1.41. The molecule has 1 fully saturated rings. The smallest absolute Gasteiger partial charge is 0.315 e. The molecule has 0 aromatic heterocycles. The van der Waals surface area contributed by atoms with E-state index in [-0.39, 0.29) is 24.4 Å². The Morgan fingerprint density at radius 3 is 2.67 bits per heavy atom. The van der Waals surface area contributed by atoms with Gasteiger partial charge in [-0.05, 0) is 42.9 Å². The fraction of sp³-hybridized carbons (Fsp3) is 0.450. The highest BCUT2D eigenvalue weighted by atomic mass is 16.2. The van der Waals surface area contributed by atoms with Crippen molar-refractivity contribution in [1.82, 2.24) is 20.9 Å². The zero-order valence-corrected chi connectivity index (χ0v) is 15.4. The Kier molecular flexibility index (Phi) is 6.46. The lowest BCUT2D eigenvalue weighted by Crippen LogP contribution is -2.49. The Balaban J connectivity index is 1.43. The van der Waals surface area contributed by atoms with E-state index in [2.05, 4.69) is 28.1 Å². The van der Waals surface area contributed by atoms with Crippen LogP contribution in [0.3, 0.4) is 0 Å². The quantitative estimate of drug-likeness (QED) is 0.685. The van der Waals surface area contributed by atoms with Crippen molar-refractivity contribution < 1.29 is 14.4 Å². The first kappa shape index (κ1) is 18.9. The van der Waals surface area contributed by atoms with Crippen molar-refractivity contribution >= 4 is 17.8 Å². The summed E-state index contributed by atoms with van der Waals surface area (Å²) in [5, 5.41) is 8.46. The van der Waals surface area contributed by atoms with Crippen LogP contribution in [0.25, 0.3) is 0 Å². The third kappa shape index (κ3) is 5.57. The molecule has 1 aromatic carbocycles. The Morgan fingerprint density at radius 2 is 1.96 bits per heavy atom. The van der Waals surface area contributed by atoms with Crippen LogP contribution in [0.1, 0.15) is 35.2 Å². The highest BCUT2D eigenvalue weighted by Gasteiger charge is 2.22. The van der Waals surface area contributed by atoms with Gasteiger partial charge in [0.25, 0.3) is 5.91 Å². The van der Waals surface area contributed by atoms with Crippen LogP contribution in [-0.2, 0) is 11.3 Å². The number of piperazine rings is 1. The minimum absolute atomic E-state index is 0.0963. The molecule has 0 unspecified atom stereocenters. The second kappa shape index (κ2) is 9.21. The lowest BCUT2D eigenvalue weighted by Gasteiger charge is -2.26.